The molecule has 0 aliphatic heterocycles. The highest BCUT2D eigenvalue weighted by atomic mass is 16.4. The topological polar surface area (TPSA) is 70.6 Å². The van der Waals surface area contributed by atoms with Crippen molar-refractivity contribution in [3.05, 3.63) is 35.4 Å². The van der Waals surface area contributed by atoms with Gasteiger partial charge in [0.15, 0.2) is 5.84 Å². The molecule has 0 radical (unpaired) electrons. The quantitative estimate of drug-likeness (QED) is 0.330. The van der Waals surface area contributed by atoms with Gasteiger partial charge in [-0.2, -0.15) is 0 Å². The summed E-state index contributed by atoms with van der Waals surface area (Å²) in [6.45, 7) is 3.06. The molecule has 98 valence electrons. The van der Waals surface area contributed by atoms with E-state index >= 15 is 0 Å². The number of oxime groups is 1. The third kappa shape index (κ3) is 2.82. The summed E-state index contributed by atoms with van der Waals surface area (Å²) < 4.78 is 0. The molecule has 2 unspecified atom stereocenters. The Kier molecular flexibility index (Phi) is 4.20. The summed E-state index contributed by atoms with van der Waals surface area (Å²) in [6.07, 6.45) is 3.85. The summed E-state index contributed by atoms with van der Waals surface area (Å²) in [4.78, 5) is 0. The molecule has 0 aromatic heterocycles. The Bertz CT molecular complexity index is 431. The Morgan fingerprint density at radius 3 is 2.89 bits per heavy atom. The lowest BCUT2D eigenvalue weighted by molar-refractivity contribution is 0.318. The van der Waals surface area contributed by atoms with Crippen LogP contribution in [-0.4, -0.2) is 17.1 Å². The van der Waals surface area contributed by atoms with Crippen molar-refractivity contribution < 1.29 is 5.21 Å². The van der Waals surface area contributed by atoms with E-state index in [0.29, 0.717) is 6.04 Å². The Labute approximate surface area is 108 Å². The van der Waals surface area contributed by atoms with Gasteiger partial charge in [0.05, 0.1) is 0 Å². The standard InChI is InChI=1S/C14H21N3O/c1-10-5-4-8-13(10)16-9-11-6-2-3-7-12(11)14(15)17-18/h2-3,6-7,10,13,16,18H,4-5,8-9H2,1H3,(H2,15,17). The van der Waals surface area contributed by atoms with E-state index < -0.39 is 0 Å². The second-order valence-corrected chi connectivity index (χ2v) is 5.04. The Balaban J connectivity index is 2.05. The van der Waals surface area contributed by atoms with Crippen molar-refractivity contribution in [1.82, 2.24) is 5.32 Å². The van der Waals surface area contributed by atoms with Crippen LogP contribution < -0.4 is 11.1 Å². The molecule has 0 spiro atoms. The molecule has 18 heavy (non-hydrogen) atoms. The summed E-state index contributed by atoms with van der Waals surface area (Å²) in [5, 5.41) is 15.4. The second kappa shape index (κ2) is 5.87. The van der Waals surface area contributed by atoms with Crippen LogP contribution in [0.4, 0.5) is 0 Å². The lowest BCUT2D eigenvalue weighted by Gasteiger charge is -2.18. The third-order valence-electron chi connectivity index (χ3n) is 3.82. The third-order valence-corrected chi connectivity index (χ3v) is 3.82. The molecule has 1 aliphatic carbocycles. The van der Waals surface area contributed by atoms with Gasteiger partial charge in [-0.05, 0) is 24.3 Å². The van der Waals surface area contributed by atoms with Crippen LogP contribution in [0, 0.1) is 5.92 Å². The zero-order valence-corrected chi connectivity index (χ0v) is 10.8. The molecule has 1 aliphatic rings. The minimum absolute atomic E-state index is 0.173. The lowest BCUT2D eigenvalue weighted by atomic mass is 10.0. The summed E-state index contributed by atoms with van der Waals surface area (Å²) >= 11 is 0. The fourth-order valence-corrected chi connectivity index (χ4v) is 2.67. The average molecular weight is 247 g/mol. The number of rotatable bonds is 4. The monoisotopic (exact) mass is 247 g/mol. The Morgan fingerprint density at radius 1 is 1.44 bits per heavy atom. The number of benzene rings is 1. The van der Waals surface area contributed by atoms with Crippen molar-refractivity contribution in [2.45, 2.75) is 38.8 Å². The first-order valence-electron chi connectivity index (χ1n) is 6.51. The van der Waals surface area contributed by atoms with E-state index in [1.165, 1.54) is 19.3 Å². The van der Waals surface area contributed by atoms with Crippen LogP contribution in [0.3, 0.4) is 0 Å². The predicted molar refractivity (Wildman–Crippen MR) is 72.6 cm³/mol. The minimum Gasteiger partial charge on any atom is -0.409 e. The first-order valence-corrected chi connectivity index (χ1v) is 6.51. The van der Waals surface area contributed by atoms with Crippen molar-refractivity contribution in [3.8, 4) is 0 Å². The molecule has 1 saturated carbocycles. The van der Waals surface area contributed by atoms with E-state index in [4.69, 9.17) is 10.9 Å². The number of nitrogens with zero attached hydrogens (tertiary/aromatic N) is 1. The van der Waals surface area contributed by atoms with Gasteiger partial charge in [-0.1, -0.05) is 42.8 Å². The molecule has 0 bridgehead atoms. The number of hydrogen-bond donors (Lipinski definition) is 3. The molecule has 4 nitrogen and oxygen atoms in total. The highest BCUT2D eigenvalue weighted by molar-refractivity contribution is 5.98. The van der Waals surface area contributed by atoms with E-state index in [1.54, 1.807) is 0 Å². The second-order valence-electron chi connectivity index (χ2n) is 5.04. The van der Waals surface area contributed by atoms with Crippen molar-refractivity contribution in [2.24, 2.45) is 16.8 Å². The molecule has 2 atom stereocenters. The van der Waals surface area contributed by atoms with Gasteiger partial charge in [0.25, 0.3) is 0 Å². The molecule has 1 fully saturated rings. The maximum atomic E-state index is 8.78. The van der Waals surface area contributed by atoms with Gasteiger partial charge in [-0.3, -0.25) is 0 Å². The SMILES string of the molecule is CC1CCCC1NCc1ccccc1C(N)=NO. The normalized spacial score (nSPS) is 24.4. The number of amidine groups is 1. The van der Waals surface area contributed by atoms with Gasteiger partial charge >= 0.3 is 0 Å². The van der Waals surface area contributed by atoms with E-state index in [0.717, 1.165) is 23.6 Å². The van der Waals surface area contributed by atoms with Gasteiger partial charge in [-0.15, -0.1) is 0 Å². The van der Waals surface area contributed by atoms with Crippen molar-refractivity contribution in [3.63, 3.8) is 0 Å². The Morgan fingerprint density at radius 2 is 2.22 bits per heavy atom. The van der Waals surface area contributed by atoms with Crippen LogP contribution in [0.1, 0.15) is 37.3 Å². The van der Waals surface area contributed by atoms with Crippen LogP contribution in [0.5, 0.6) is 0 Å². The minimum atomic E-state index is 0.173. The van der Waals surface area contributed by atoms with Crippen LogP contribution in [-0.2, 0) is 6.54 Å². The smallest absolute Gasteiger partial charge is 0.170 e. The van der Waals surface area contributed by atoms with Gasteiger partial charge in [0.1, 0.15) is 0 Å². The summed E-state index contributed by atoms with van der Waals surface area (Å²) in [7, 11) is 0. The first-order chi connectivity index (χ1) is 8.72. The largest absolute Gasteiger partial charge is 0.409 e. The zero-order chi connectivity index (χ0) is 13.0. The molecular weight excluding hydrogens is 226 g/mol. The lowest BCUT2D eigenvalue weighted by Crippen LogP contribution is -2.31. The molecule has 1 aromatic carbocycles. The Hall–Kier alpha value is -1.55. The first kappa shape index (κ1) is 12.9. The highest BCUT2D eigenvalue weighted by Gasteiger charge is 2.22. The van der Waals surface area contributed by atoms with E-state index in [2.05, 4.69) is 17.4 Å². The number of nitrogens with one attached hydrogen (secondary N) is 1. The number of hydrogen-bond acceptors (Lipinski definition) is 3. The molecule has 0 amide bonds. The maximum Gasteiger partial charge on any atom is 0.170 e. The van der Waals surface area contributed by atoms with Crippen molar-refractivity contribution in [1.29, 1.82) is 0 Å². The van der Waals surface area contributed by atoms with Crippen LogP contribution in [0.25, 0.3) is 0 Å². The van der Waals surface area contributed by atoms with E-state index in [9.17, 15) is 0 Å². The summed E-state index contributed by atoms with van der Waals surface area (Å²) in [5.74, 6) is 0.910. The highest BCUT2D eigenvalue weighted by Crippen LogP contribution is 2.25. The summed E-state index contributed by atoms with van der Waals surface area (Å²) in [5.41, 5.74) is 7.56. The maximum absolute atomic E-state index is 8.78. The van der Waals surface area contributed by atoms with Gasteiger partial charge in [-0.25, -0.2) is 0 Å². The molecule has 4 heteroatoms. The van der Waals surface area contributed by atoms with Gasteiger partial charge < -0.3 is 16.3 Å². The zero-order valence-electron chi connectivity index (χ0n) is 10.8. The van der Waals surface area contributed by atoms with E-state index in [1.807, 2.05) is 24.3 Å². The molecule has 0 saturated heterocycles. The fraction of sp³-hybridized carbons (Fsp3) is 0.500. The molecule has 1 aromatic rings. The van der Waals surface area contributed by atoms with Crippen LogP contribution >= 0.6 is 0 Å². The molecule has 0 heterocycles. The van der Waals surface area contributed by atoms with E-state index in [-0.39, 0.29) is 5.84 Å². The fourth-order valence-electron chi connectivity index (χ4n) is 2.67. The van der Waals surface area contributed by atoms with Crippen molar-refractivity contribution >= 4 is 5.84 Å². The molecular formula is C14H21N3O. The molecule has 4 N–H and O–H groups in total. The average Bonchev–Trinajstić information content (AvgIpc) is 2.81. The van der Waals surface area contributed by atoms with Crippen LogP contribution in [0.15, 0.2) is 29.4 Å². The van der Waals surface area contributed by atoms with Crippen molar-refractivity contribution in [2.75, 3.05) is 0 Å². The van der Waals surface area contributed by atoms with Gasteiger partial charge in [0, 0.05) is 18.2 Å². The number of nitrogens with two attached hydrogens (primary N) is 1. The molecule has 2 rings (SSSR count). The predicted octanol–water partition coefficient (Wildman–Crippen LogP) is 2.06. The van der Waals surface area contributed by atoms with Gasteiger partial charge in [0.2, 0.25) is 0 Å². The summed E-state index contributed by atoms with van der Waals surface area (Å²) in [6, 6.07) is 8.35. The van der Waals surface area contributed by atoms with Crippen LogP contribution in [0.2, 0.25) is 0 Å².